The fraction of sp³-hybridized carbons (Fsp3) is 0.643. The van der Waals surface area contributed by atoms with Crippen LogP contribution in [0.15, 0.2) is 22.9 Å². The van der Waals surface area contributed by atoms with Crippen LogP contribution in [0.2, 0.25) is 0 Å². The number of hydrogen-bond acceptors (Lipinski definition) is 2. The highest BCUT2D eigenvalue weighted by Crippen LogP contribution is 2.33. The molecule has 0 saturated heterocycles. The summed E-state index contributed by atoms with van der Waals surface area (Å²) in [7, 11) is 0. The highest BCUT2D eigenvalue weighted by molar-refractivity contribution is 9.10. The Morgan fingerprint density at radius 3 is 2.94 bits per heavy atom. The van der Waals surface area contributed by atoms with E-state index in [1.54, 1.807) is 6.20 Å². The Hall–Kier alpha value is -0.410. The molecule has 0 radical (unpaired) electrons. The second-order valence-corrected chi connectivity index (χ2v) is 6.05. The van der Waals surface area contributed by atoms with Gasteiger partial charge in [-0.1, -0.05) is 13.3 Å². The minimum absolute atomic E-state index is 0.128. The van der Waals surface area contributed by atoms with E-state index in [2.05, 4.69) is 33.9 Å². The topological polar surface area (TPSA) is 33.1 Å². The second-order valence-electron chi connectivity index (χ2n) is 5.13. The van der Waals surface area contributed by atoms with Crippen LogP contribution in [0.25, 0.3) is 0 Å². The Kier molecular flexibility index (Phi) is 4.57. The van der Waals surface area contributed by atoms with E-state index in [1.165, 1.54) is 18.4 Å². The van der Waals surface area contributed by atoms with Crippen LogP contribution in [-0.4, -0.2) is 16.2 Å². The van der Waals surface area contributed by atoms with E-state index in [9.17, 15) is 5.11 Å². The molecule has 1 aromatic rings. The van der Waals surface area contributed by atoms with Crippen molar-refractivity contribution < 1.29 is 5.11 Å². The summed E-state index contributed by atoms with van der Waals surface area (Å²) < 4.78 is 1.02. The number of aliphatic hydroxyl groups excluding tert-OH is 1. The molecular formula is C14H20BrNO. The summed E-state index contributed by atoms with van der Waals surface area (Å²) in [5.74, 6) is 1.20. The summed E-state index contributed by atoms with van der Waals surface area (Å²) in [6, 6.07) is 2.11. The number of rotatable bonds is 3. The van der Waals surface area contributed by atoms with Crippen molar-refractivity contribution in [1.82, 2.24) is 4.98 Å². The summed E-state index contributed by atoms with van der Waals surface area (Å²) in [6.07, 6.45) is 9.07. The Morgan fingerprint density at radius 1 is 1.41 bits per heavy atom. The van der Waals surface area contributed by atoms with Gasteiger partial charge in [-0.3, -0.25) is 4.98 Å². The molecule has 1 aromatic heterocycles. The number of aliphatic hydroxyl groups is 1. The minimum Gasteiger partial charge on any atom is -0.393 e. The Morgan fingerprint density at radius 2 is 2.24 bits per heavy atom. The van der Waals surface area contributed by atoms with E-state index in [0.29, 0.717) is 5.92 Å². The number of hydrogen-bond donors (Lipinski definition) is 1. The van der Waals surface area contributed by atoms with Gasteiger partial charge in [0.2, 0.25) is 0 Å². The molecule has 17 heavy (non-hydrogen) atoms. The lowest BCUT2D eigenvalue weighted by Gasteiger charge is -2.33. The zero-order valence-electron chi connectivity index (χ0n) is 10.3. The van der Waals surface area contributed by atoms with E-state index >= 15 is 0 Å². The largest absolute Gasteiger partial charge is 0.393 e. The van der Waals surface area contributed by atoms with Gasteiger partial charge in [0.15, 0.2) is 0 Å². The molecule has 0 aromatic carbocycles. The van der Waals surface area contributed by atoms with Crippen LogP contribution in [0.4, 0.5) is 0 Å². The molecule has 0 aliphatic heterocycles. The predicted molar refractivity (Wildman–Crippen MR) is 72.8 cm³/mol. The summed E-state index contributed by atoms with van der Waals surface area (Å²) in [5.41, 5.74) is 1.22. The van der Waals surface area contributed by atoms with Crippen LogP contribution in [0.5, 0.6) is 0 Å². The molecule has 0 bridgehead atoms. The molecule has 0 spiro atoms. The SMILES string of the molecule is CCC1CCC(O)C(Cc2cncc(Br)c2)C1. The maximum absolute atomic E-state index is 10.1. The van der Waals surface area contributed by atoms with Crippen LogP contribution in [0.1, 0.15) is 38.2 Å². The number of pyridine rings is 1. The Labute approximate surface area is 112 Å². The average molecular weight is 298 g/mol. The van der Waals surface area contributed by atoms with Crippen LogP contribution in [0, 0.1) is 11.8 Å². The average Bonchev–Trinajstić information content (AvgIpc) is 2.32. The molecule has 2 rings (SSSR count). The first kappa shape index (κ1) is 13.0. The van der Waals surface area contributed by atoms with E-state index in [4.69, 9.17) is 0 Å². The number of halogens is 1. The quantitative estimate of drug-likeness (QED) is 0.925. The van der Waals surface area contributed by atoms with Crippen molar-refractivity contribution in [2.45, 2.75) is 45.1 Å². The van der Waals surface area contributed by atoms with Gasteiger partial charge in [-0.2, -0.15) is 0 Å². The van der Waals surface area contributed by atoms with Crippen LogP contribution in [0.3, 0.4) is 0 Å². The lowest BCUT2D eigenvalue weighted by atomic mass is 9.76. The summed E-state index contributed by atoms with van der Waals surface area (Å²) in [4.78, 5) is 4.19. The van der Waals surface area contributed by atoms with Gasteiger partial charge in [0.1, 0.15) is 0 Å². The van der Waals surface area contributed by atoms with Gasteiger partial charge < -0.3 is 5.11 Å². The number of nitrogens with zero attached hydrogens (tertiary/aromatic N) is 1. The first-order valence-electron chi connectivity index (χ1n) is 6.46. The molecule has 1 heterocycles. The molecule has 1 aliphatic rings. The van der Waals surface area contributed by atoms with Gasteiger partial charge in [-0.05, 0) is 65.1 Å². The summed E-state index contributed by atoms with van der Waals surface area (Å²) in [6.45, 7) is 2.25. The smallest absolute Gasteiger partial charge is 0.0571 e. The zero-order valence-corrected chi connectivity index (χ0v) is 11.9. The third-order valence-corrected chi connectivity index (χ3v) is 4.32. The summed E-state index contributed by atoms with van der Waals surface area (Å²) >= 11 is 3.44. The van der Waals surface area contributed by atoms with Gasteiger partial charge in [0, 0.05) is 16.9 Å². The lowest BCUT2D eigenvalue weighted by molar-refractivity contribution is 0.0474. The first-order valence-corrected chi connectivity index (χ1v) is 7.25. The molecule has 0 amide bonds. The Bertz CT molecular complexity index is 369. The third-order valence-electron chi connectivity index (χ3n) is 3.89. The van der Waals surface area contributed by atoms with Gasteiger partial charge in [0.05, 0.1) is 6.10 Å². The molecule has 1 aliphatic carbocycles. The van der Waals surface area contributed by atoms with Crippen molar-refractivity contribution in [3.63, 3.8) is 0 Å². The van der Waals surface area contributed by atoms with Crippen molar-refractivity contribution in [3.05, 3.63) is 28.5 Å². The third kappa shape index (κ3) is 3.52. The molecule has 3 atom stereocenters. The van der Waals surface area contributed by atoms with Crippen molar-refractivity contribution in [3.8, 4) is 0 Å². The van der Waals surface area contributed by atoms with Gasteiger partial charge in [-0.25, -0.2) is 0 Å². The van der Waals surface area contributed by atoms with Crippen molar-refractivity contribution in [2.75, 3.05) is 0 Å². The summed E-state index contributed by atoms with van der Waals surface area (Å²) in [5, 5.41) is 10.1. The molecule has 1 N–H and O–H groups in total. The van der Waals surface area contributed by atoms with E-state index in [-0.39, 0.29) is 6.10 Å². The molecular weight excluding hydrogens is 278 g/mol. The highest BCUT2D eigenvalue weighted by Gasteiger charge is 2.28. The zero-order chi connectivity index (χ0) is 12.3. The van der Waals surface area contributed by atoms with E-state index < -0.39 is 0 Å². The monoisotopic (exact) mass is 297 g/mol. The van der Waals surface area contributed by atoms with Crippen LogP contribution in [-0.2, 0) is 6.42 Å². The first-order chi connectivity index (χ1) is 8.19. The molecule has 2 nitrogen and oxygen atoms in total. The van der Waals surface area contributed by atoms with Crippen molar-refractivity contribution in [2.24, 2.45) is 11.8 Å². The van der Waals surface area contributed by atoms with E-state index in [1.807, 2.05) is 6.20 Å². The molecule has 94 valence electrons. The molecule has 1 saturated carbocycles. The van der Waals surface area contributed by atoms with Gasteiger partial charge >= 0.3 is 0 Å². The van der Waals surface area contributed by atoms with Crippen molar-refractivity contribution >= 4 is 15.9 Å². The second kappa shape index (κ2) is 5.96. The van der Waals surface area contributed by atoms with Crippen LogP contribution >= 0.6 is 15.9 Å². The maximum Gasteiger partial charge on any atom is 0.0571 e. The van der Waals surface area contributed by atoms with Gasteiger partial charge in [-0.15, -0.1) is 0 Å². The number of aromatic nitrogens is 1. The maximum atomic E-state index is 10.1. The predicted octanol–water partition coefficient (Wildman–Crippen LogP) is 3.57. The fourth-order valence-corrected chi connectivity index (χ4v) is 3.22. The standard InChI is InChI=1S/C14H20BrNO/c1-2-10-3-4-14(17)12(5-10)6-11-7-13(15)9-16-8-11/h7-10,12,14,17H,2-6H2,1H3. The highest BCUT2D eigenvalue weighted by atomic mass is 79.9. The van der Waals surface area contributed by atoms with Crippen molar-refractivity contribution in [1.29, 1.82) is 0 Å². The van der Waals surface area contributed by atoms with Gasteiger partial charge in [0.25, 0.3) is 0 Å². The molecule has 3 unspecified atom stereocenters. The Balaban J connectivity index is 2.01. The lowest BCUT2D eigenvalue weighted by Crippen LogP contribution is -2.30. The normalized spacial score (nSPS) is 29.2. The molecule has 3 heteroatoms. The fourth-order valence-electron chi connectivity index (χ4n) is 2.81. The van der Waals surface area contributed by atoms with E-state index in [0.717, 1.165) is 29.7 Å². The minimum atomic E-state index is -0.128. The molecule has 1 fully saturated rings. The van der Waals surface area contributed by atoms with Crippen LogP contribution < -0.4 is 0 Å².